The molecule has 0 aliphatic heterocycles. The summed E-state index contributed by atoms with van der Waals surface area (Å²) in [5.41, 5.74) is 1.77. The minimum atomic E-state index is -0.749. The molecule has 0 spiro atoms. The van der Waals surface area contributed by atoms with Crippen molar-refractivity contribution in [3.8, 4) is 17.0 Å². The van der Waals surface area contributed by atoms with Crippen LogP contribution in [0.4, 0.5) is 5.69 Å². The molecule has 1 aromatic heterocycles. The smallest absolute Gasteiger partial charge is 0.267 e. The maximum Gasteiger partial charge on any atom is 0.267 e. The van der Waals surface area contributed by atoms with Crippen molar-refractivity contribution in [1.29, 1.82) is 0 Å². The monoisotopic (exact) mass is 349 g/mol. The first-order valence-corrected chi connectivity index (χ1v) is 8.18. The van der Waals surface area contributed by atoms with Crippen molar-refractivity contribution in [1.82, 2.24) is 9.78 Å². The van der Waals surface area contributed by atoms with Gasteiger partial charge in [-0.2, -0.15) is 5.10 Å². The van der Waals surface area contributed by atoms with E-state index in [1.54, 1.807) is 32.2 Å². The van der Waals surface area contributed by atoms with Crippen molar-refractivity contribution in [2.45, 2.75) is 13.0 Å². The summed E-state index contributed by atoms with van der Waals surface area (Å²) in [5.74, 6) is 0.426. The van der Waals surface area contributed by atoms with Gasteiger partial charge in [-0.1, -0.05) is 18.2 Å². The van der Waals surface area contributed by atoms with Gasteiger partial charge in [-0.05, 0) is 49.4 Å². The number of methoxy groups -OCH3 is 1. The standard InChI is InChI=1S/C20H19N3O3/c1-14(20(25)21-16-6-4-3-5-7-16)23-19(24)13-12-18(22-23)15-8-10-17(26-2)11-9-15/h3-14H,1-2H3,(H,21,25). The number of anilines is 1. The zero-order valence-corrected chi connectivity index (χ0v) is 14.5. The zero-order chi connectivity index (χ0) is 18.5. The fourth-order valence-electron chi connectivity index (χ4n) is 2.50. The molecule has 0 saturated carbocycles. The van der Waals surface area contributed by atoms with E-state index in [0.717, 1.165) is 11.3 Å². The van der Waals surface area contributed by atoms with Crippen LogP contribution in [0, 0.1) is 0 Å². The van der Waals surface area contributed by atoms with Gasteiger partial charge in [-0.15, -0.1) is 0 Å². The van der Waals surface area contributed by atoms with Gasteiger partial charge < -0.3 is 10.1 Å². The Morgan fingerprint density at radius 1 is 1.04 bits per heavy atom. The number of benzene rings is 2. The lowest BCUT2D eigenvalue weighted by Gasteiger charge is -2.15. The van der Waals surface area contributed by atoms with E-state index in [-0.39, 0.29) is 11.5 Å². The molecule has 0 aliphatic rings. The van der Waals surface area contributed by atoms with Crippen LogP contribution in [0.3, 0.4) is 0 Å². The predicted molar refractivity (Wildman–Crippen MR) is 100 cm³/mol. The quantitative estimate of drug-likeness (QED) is 0.768. The number of nitrogens with one attached hydrogen (secondary N) is 1. The van der Waals surface area contributed by atoms with E-state index in [0.29, 0.717) is 11.4 Å². The molecule has 0 aliphatic carbocycles. The number of carbonyl (C=O) groups is 1. The van der Waals surface area contributed by atoms with Gasteiger partial charge >= 0.3 is 0 Å². The molecule has 1 N–H and O–H groups in total. The number of nitrogens with zero attached hydrogens (tertiary/aromatic N) is 2. The lowest BCUT2D eigenvalue weighted by atomic mass is 10.1. The SMILES string of the molecule is COc1ccc(-c2ccc(=O)n(C(C)C(=O)Nc3ccccc3)n2)cc1. The first-order valence-electron chi connectivity index (χ1n) is 8.18. The lowest BCUT2D eigenvalue weighted by Crippen LogP contribution is -2.33. The topological polar surface area (TPSA) is 73.2 Å². The van der Waals surface area contributed by atoms with Crippen molar-refractivity contribution >= 4 is 11.6 Å². The fourth-order valence-corrected chi connectivity index (χ4v) is 2.50. The number of hydrogen-bond donors (Lipinski definition) is 1. The Bertz CT molecular complexity index is 950. The minimum Gasteiger partial charge on any atom is -0.497 e. The van der Waals surface area contributed by atoms with E-state index in [1.807, 2.05) is 42.5 Å². The summed E-state index contributed by atoms with van der Waals surface area (Å²) in [6.45, 7) is 1.64. The molecule has 3 aromatic rings. The molecule has 1 unspecified atom stereocenters. The molecule has 2 aromatic carbocycles. The number of carbonyl (C=O) groups excluding carboxylic acids is 1. The van der Waals surface area contributed by atoms with E-state index >= 15 is 0 Å². The predicted octanol–water partition coefficient (Wildman–Crippen LogP) is 3.12. The molecular formula is C20H19N3O3. The van der Waals surface area contributed by atoms with E-state index in [9.17, 15) is 9.59 Å². The van der Waals surface area contributed by atoms with Crippen molar-refractivity contribution in [2.24, 2.45) is 0 Å². The van der Waals surface area contributed by atoms with Crippen LogP contribution in [0.2, 0.25) is 0 Å². The van der Waals surface area contributed by atoms with E-state index in [1.165, 1.54) is 10.7 Å². The third-order valence-corrected chi connectivity index (χ3v) is 4.00. The normalized spacial score (nSPS) is 11.6. The number of amides is 1. The van der Waals surface area contributed by atoms with Gasteiger partial charge in [0, 0.05) is 17.3 Å². The first-order chi connectivity index (χ1) is 12.6. The summed E-state index contributed by atoms with van der Waals surface area (Å²) in [7, 11) is 1.60. The second-order valence-electron chi connectivity index (χ2n) is 5.76. The molecule has 1 amide bonds. The fraction of sp³-hybridized carbons (Fsp3) is 0.150. The van der Waals surface area contributed by atoms with Crippen molar-refractivity contribution in [3.63, 3.8) is 0 Å². The third kappa shape index (κ3) is 3.80. The van der Waals surface area contributed by atoms with Gasteiger partial charge in [-0.25, -0.2) is 4.68 Å². The molecule has 0 saturated heterocycles. The Morgan fingerprint density at radius 3 is 2.38 bits per heavy atom. The summed E-state index contributed by atoms with van der Waals surface area (Å²) in [5, 5.41) is 7.15. The molecule has 26 heavy (non-hydrogen) atoms. The highest BCUT2D eigenvalue weighted by Gasteiger charge is 2.18. The van der Waals surface area contributed by atoms with Crippen LogP contribution >= 0.6 is 0 Å². The number of rotatable bonds is 5. The van der Waals surface area contributed by atoms with Crippen molar-refractivity contribution in [2.75, 3.05) is 12.4 Å². The van der Waals surface area contributed by atoms with E-state index < -0.39 is 6.04 Å². The average Bonchev–Trinajstić information content (AvgIpc) is 2.68. The highest BCUT2D eigenvalue weighted by molar-refractivity contribution is 5.93. The maximum absolute atomic E-state index is 12.5. The van der Waals surface area contributed by atoms with Gasteiger partial charge in [0.05, 0.1) is 12.8 Å². The molecular weight excluding hydrogens is 330 g/mol. The second kappa shape index (κ2) is 7.65. The number of para-hydroxylation sites is 1. The second-order valence-corrected chi connectivity index (χ2v) is 5.76. The van der Waals surface area contributed by atoms with Gasteiger partial charge in [0.15, 0.2) is 0 Å². The zero-order valence-electron chi connectivity index (χ0n) is 14.5. The Morgan fingerprint density at radius 2 is 1.73 bits per heavy atom. The first kappa shape index (κ1) is 17.4. The highest BCUT2D eigenvalue weighted by atomic mass is 16.5. The summed E-state index contributed by atoms with van der Waals surface area (Å²) >= 11 is 0. The van der Waals surface area contributed by atoms with Crippen LogP contribution in [0.5, 0.6) is 5.75 Å². The van der Waals surface area contributed by atoms with Crippen molar-refractivity contribution < 1.29 is 9.53 Å². The van der Waals surface area contributed by atoms with Gasteiger partial charge in [-0.3, -0.25) is 9.59 Å². The van der Waals surface area contributed by atoms with E-state index in [2.05, 4.69) is 10.4 Å². The molecule has 6 heteroatoms. The van der Waals surface area contributed by atoms with Gasteiger partial charge in [0.1, 0.15) is 11.8 Å². The number of hydrogen-bond acceptors (Lipinski definition) is 4. The van der Waals surface area contributed by atoms with Gasteiger partial charge in [0.2, 0.25) is 5.91 Å². The van der Waals surface area contributed by atoms with Gasteiger partial charge in [0.25, 0.3) is 5.56 Å². The Labute approximate surface area is 151 Å². The third-order valence-electron chi connectivity index (χ3n) is 4.00. The number of aromatic nitrogens is 2. The molecule has 0 radical (unpaired) electrons. The Kier molecular flexibility index (Phi) is 5.12. The molecule has 1 atom stereocenters. The van der Waals surface area contributed by atoms with Crippen LogP contribution in [0.1, 0.15) is 13.0 Å². The van der Waals surface area contributed by atoms with Crippen LogP contribution in [0.15, 0.2) is 71.5 Å². The summed E-state index contributed by atoms with van der Waals surface area (Å²) in [4.78, 5) is 24.7. The number of ether oxygens (including phenoxy) is 1. The molecule has 1 heterocycles. The summed E-state index contributed by atoms with van der Waals surface area (Å²) in [6, 6.07) is 18.7. The minimum absolute atomic E-state index is 0.308. The largest absolute Gasteiger partial charge is 0.497 e. The van der Waals surface area contributed by atoms with Crippen molar-refractivity contribution in [3.05, 3.63) is 77.1 Å². The highest BCUT2D eigenvalue weighted by Crippen LogP contribution is 2.20. The summed E-state index contributed by atoms with van der Waals surface area (Å²) in [6.07, 6.45) is 0. The summed E-state index contributed by atoms with van der Waals surface area (Å²) < 4.78 is 6.34. The average molecular weight is 349 g/mol. The van der Waals surface area contributed by atoms with Crippen LogP contribution in [-0.2, 0) is 4.79 Å². The Balaban J connectivity index is 1.86. The lowest BCUT2D eigenvalue weighted by molar-refractivity contribution is -0.119. The maximum atomic E-state index is 12.5. The van der Waals surface area contributed by atoms with Crippen LogP contribution < -0.4 is 15.6 Å². The molecule has 6 nitrogen and oxygen atoms in total. The van der Waals surface area contributed by atoms with Crippen LogP contribution in [-0.4, -0.2) is 22.8 Å². The molecule has 132 valence electrons. The van der Waals surface area contributed by atoms with Crippen LogP contribution in [0.25, 0.3) is 11.3 Å². The molecule has 3 rings (SSSR count). The molecule has 0 bridgehead atoms. The Hall–Kier alpha value is -3.41. The molecule has 0 fully saturated rings. The van der Waals surface area contributed by atoms with E-state index in [4.69, 9.17) is 4.74 Å².